The predicted octanol–water partition coefficient (Wildman–Crippen LogP) is 3.32. The Bertz CT molecular complexity index is 550. The van der Waals surface area contributed by atoms with Crippen LogP contribution in [0, 0.1) is 0 Å². The van der Waals surface area contributed by atoms with Crippen LogP contribution in [0.5, 0.6) is 0 Å². The fraction of sp³-hybridized carbons (Fsp3) is 0.286. The number of aromatic nitrogens is 2. The van der Waals surface area contributed by atoms with Crippen LogP contribution in [0.2, 0.25) is 5.02 Å². The van der Waals surface area contributed by atoms with Crippen molar-refractivity contribution >= 4 is 28.9 Å². The molecule has 0 unspecified atom stereocenters. The van der Waals surface area contributed by atoms with Crippen LogP contribution in [-0.2, 0) is 4.74 Å². The van der Waals surface area contributed by atoms with Gasteiger partial charge in [0.1, 0.15) is 18.0 Å². The molecule has 0 amide bonds. The Morgan fingerprint density at radius 1 is 1.20 bits per heavy atom. The van der Waals surface area contributed by atoms with Crippen LogP contribution in [0.4, 0.5) is 17.3 Å². The van der Waals surface area contributed by atoms with E-state index in [9.17, 15) is 0 Å². The van der Waals surface area contributed by atoms with E-state index < -0.39 is 0 Å². The number of methoxy groups -OCH3 is 1. The summed E-state index contributed by atoms with van der Waals surface area (Å²) in [5.74, 6) is 1.50. The van der Waals surface area contributed by atoms with Crippen molar-refractivity contribution < 1.29 is 4.74 Å². The second-order valence-corrected chi connectivity index (χ2v) is 4.63. The average molecular weight is 293 g/mol. The standard InChI is InChI=1S/C14H17ClN4O/c1-20-7-3-6-16-13-9-14(18-10-17-13)19-12-5-2-4-11(15)8-12/h2,4-5,8-10H,3,6-7H2,1H3,(H2,16,17,18,19). The maximum atomic E-state index is 5.94. The van der Waals surface area contributed by atoms with Crippen molar-refractivity contribution in [2.45, 2.75) is 6.42 Å². The summed E-state index contributed by atoms with van der Waals surface area (Å²) in [6.45, 7) is 1.53. The summed E-state index contributed by atoms with van der Waals surface area (Å²) < 4.78 is 5.00. The monoisotopic (exact) mass is 292 g/mol. The predicted molar refractivity (Wildman–Crippen MR) is 81.7 cm³/mol. The van der Waals surface area contributed by atoms with Crippen molar-refractivity contribution in [3.63, 3.8) is 0 Å². The summed E-state index contributed by atoms with van der Waals surface area (Å²) in [6, 6.07) is 9.34. The number of nitrogens with one attached hydrogen (secondary N) is 2. The molecule has 2 N–H and O–H groups in total. The van der Waals surface area contributed by atoms with Crippen LogP contribution in [0.15, 0.2) is 36.7 Å². The Morgan fingerprint density at radius 2 is 2.05 bits per heavy atom. The Morgan fingerprint density at radius 3 is 2.85 bits per heavy atom. The van der Waals surface area contributed by atoms with Crippen molar-refractivity contribution in [3.8, 4) is 0 Å². The van der Waals surface area contributed by atoms with E-state index in [0.29, 0.717) is 5.02 Å². The second-order valence-electron chi connectivity index (χ2n) is 4.20. The van der Waals surface area contributed by atoms with Crippen molar-refractivity contribution in [1.82, 2.24) is 9.97 Å². The minimum absolute atomic E-state index is 0.682. The Hall–Kier alpha value is -1.85. The lowest BCUT2D eigenvalue weighted by molar-refractivity contribution is 0.198. The van der Waals surface area contributed by atoms with Gasteiger partial charge in [-0.05, 0) is 24.6 Å². The molecule has 20 heavy (non-hydrogen) atoms. The highest BCUT2D eigenvalue weighted by molar-refractivity contribution is 6.30. The summed E-state index contributed by atoms with van der Waals surface area (Å²) in [7, 11) is 1.69. The van der Waals surface area contributed by atoms with E-state index in [1.54, 1.807) is 7.11 Å². The molecule has 0 saturated heterocycles. The molecule has 2 rings (SSSR count). The van der Waals surface area contributed by atoms with E-state index in [0.717, 1.165) is 36.9 Å². The second kappa shape index (κ2) is 7.67. The number of ether oxygens (including phenoxy) is 1. The molecular weight excluding hydrogens is 276 g/mol. The SMILES string of the molecule is COCCCNc1cc(Nc2cccc(Cl)c2)ncn1. The molecule has 0 spiro atoms. The van der Waals surface area contributed by atoms with Crippen LogP contribution in [-0.4, -0.2) is 30.2 Å². The van der Waals surface area contributed by atoms with Crippen LogP contribution in [0.25, 0.3) is 0 Å². The molecular formula is C14H17ClN4O. The summed E-state index contributed by atoms with van der Waals surface area (Å²) in [5, 5.41) is 7.09. The summed E-state index contributed by atoms with van der Waals surface area (Å²) in [4.78, 5) is 8.35. The summed E-state index contributed by atoms with van der Waals surface area (Å²) in [6.07, 6.45) is 2.45. The summed E-state index contributed by atoms with van der Waals surface area (Å²) in [5.41, 5.74) is 0.890. The van der Waals surface area contributed by atoms with E-state index in [-0.39, 0.29) is 0 Å². The van der Waals surface area contributed by atoms with E-state index in [4.69, 9.17) is 16.3 Å². The minimum atomic E-state index is 0.682. The van der Waals surface area contributed by atoms with Gasteiger partial charge < -0.3 is 15.4 Å². The topological polar surface area (TPSA) is 59.1 Å². The normalized spacial score (nSPS) is 10.3. The maximum Gasteiger partial charge on any atom is 0.135 e. The molecule has 106 valence electrons. The zero-order valence-electron chi connectivity index (χ0n) is 11.3. The number of hydrogen-bond donors (Lipinski definition) is 2. The Balaban J connectivity index is 1.95. The molecule has 0 fully saturated rings. The first-order valence-corrected chi connectivity index (χ1v) is 6.73. The zero-order valence-corrected chi connectivity index (χ0v) is 12.0. The number of hydrogen-bond acceptors (Lipinski definition) is 5. The highest BCUT2D eigenvalue weighted by Gasteiger charge is 2.00. The van der Waals surface area contributed by atoms with Crippen LogP contribution < -0.4 is 10.6 Å². The van der Waals surface area contributed by atoms with E-state index in [1.165, 1.54) is 6.33 Å². The third kappa shape index (κ3) is 4.68. The van der Waals surface area contributed by atoms with Gasteiger partial charge in [-0.3, -0.25) is 0 Å². The largest absolute Gasteiger partial charge is 0.385 e. The molecule has 0 aliphatic heterocycles. The highest BCUT2D eigenvalue weighted by Crippen LogP contribution is 2.19. The quantitative estimate of drug-likeness (QED) is 0.767. The molecule has 1 aromatic carbocycles. The van der Waals surface area contributed by atoms with E-state index in [1.807, 2.05) is 30.3 Å². The van der Waals surface area contributed by atoms with Crippen molar-refractivity contribution in [2.75, 3.05) is 30.9 Å². The molecule has 0 aliphatic rings. The van der Waals surface area contributed by atoms with E-state index >= 15 is 0 Å². The van der Waals surface area contributed by atoms with Gasteiger partial charge in [-0.25, -0.2) is 9.97 Å². The molecule has 1 heterocycles. The van der Waals surface area contributed by atoms with Crippen LogP contribution >= 0.6 is 11.6 Å². The number of nitrogens with zero attached hydrogens (tertiary/aromatic N) is 2. The molecule has 0 saturated carbocycles. The first-order valence-electron chi connectivity index (χ1n) is 6.35. The highest BCUT2D eigenvalue weighted by atomic mass is 35.5. The van der Waals surface area contributed by atoms with Gasteiger partial charge in [-0.15, -0.1) is 0 Å². The van der Waals surface area contributed by atoms with Gasteiger partial charge in [0.25, 0.3) is 0 Å². The smallest absolute Gasteiger partial charge is 0.135 e. The Kier molecular flexibility index (Phi) is 5.58. The van der Waals surface area contributed by atoms with Crippen molar-refractivity contribution in [3.05, 3.63) is 41.7 Å². The number of rotatable bonds is 7. The molecule has 1 aromatic heterocycles. The lowest BCUT2D eigenvalue weighted by atomic mass is 10.3. The lowest BCUT2D eigenvalue weighted by Gasteiger charge is -2.08. The van der Waals surface area contributed by atoms with Gasteiger partial charge in [0.2, 0.25) is 0 Å². The molecule has 6 heteroatoms. The number of anilines is 3. The van der Waals surface area contributed by atoms with Gasteiger partial charge >= 0.3 is 0 Å². The van der Waals surface area contributed by atoms with Crippen LogP contribution in [0.3, 0.4) is 0 Å². The molecule has 2 aromatic rings. The fourth-order valence-electron chi connectivity index (χ4n) is 1.67. The molecule has 0 atom stereocenters. The third-order valence-electron chi connectivity index (χ3n) is 2.60. The van der Waals surface area contributed by atoms with Crippen molar-refractivity contribution in [1.29, 1.82) is 0 Å². The minimum Gasteiger partial charge on any atom is -0.385 e. The van der Waals surface area contributed by atoms with Gasteiger partial charge in [0.05, 0.1) is 0 Å². The molecule has 0 aliphatic carbocycles. The van der Waals surface area contributed by atoms with Gasteiger partial charge in [0, 0.05) is 37.0 Å². The summed E-state index contributed by atoms with van der Waals surface area (Å²) >= 11 is 5.94. The first kappa shape index (κ1) is 14.6. The fourth-order valence-corrected chi connectivity index (χ4v) is 1.86. The molecule has 5 nitrogen and oxygen atoms in total. The molecule has 0 bridgehead atoms. The lowest BCUT2D eigenvalue weighted by Crippen LogP contribution is -2.06. The Labute approximate surface area is 123 Å². The van der Waals surface area contributed by atoms with Gasteiger partial charge in [-0.1, -0.05) is 17.7 Å². The van der Waals surface area contributed by atoms with E-state index in [2.05, 4.69) is 20.6 Å². The number of halogens is 1. The third-order valence-corrected chi connectivity index (χ3v) is 2.83. The first-order chi connectivity index (χ1) is 9.78. The van der Waals surface area contributed by atoms with Gasteiger partial charge in [-0.2, -0.15) is 0 Å². The number of benzene rings is 1. The maximum absolute atomic E-state index is 5.94. The zero-order chi connectivity index (χ0) is 14.2. The van der Waals surface area contributed by atoms with Crippen LogP contribution in [0.1, 0.15) is 6.42 Å². The molecule has 0 radical (unpaired) electrons. The van der Waals surface area contributed by atoms with Gasteiger partial charge in [0.15, 0.2) is 0 Å². The van der Waals surface area contributed by atoms with Crippen molar-refractivity contribution in [2.24, 2.45) is 0 Å². The average Bonchev–Trinajstić information content (AvgIpc) is 2.44.